The van der Waals surface area contributed by atoms with E-state index in [9.17, 15) is 18.3 Å². The lowest BCUT2D eigenvalue weighted by Gasteiger charge is -2.17. The molecular weight excluding hydrogens is 301 g/mol. The van der Waals surface area contributed by atoms with Gasteiger partial charge < -0.3 is 19.9 Å². The summed E-state index contributed by atoms with van der Waals surface area (Å²) >= 11 is 0. The van der Waals surface area contributed by atoms with Crippen molar-refractivity contribution in [1.82, 2.24) is 4.98 Å². The second-order valence-corrected chi connectivity index (χ2v) is 4.94. The fourth-order valence-electron chi connectivity index (χ4n) is 2.33. The number of rotatable bonds is 3. The van der Waals surface area contributed by atoms with Gasteiger partial charge in [-0.2, -0.15) is 0 Å². The summed E-state index contributed by atoms with van der Waals surface area (Å²) < 4.78 is 45.7. The van der Waals surface area contributed by atoms with Gasteiger partial charge in [0.05, 0.1) is 30.9 Å². The number of aromatic nitrogens is 1. The maximum absolute atomic E-state index is 12.2. The highest BCUT2D eigenvalue weighted by Crippen LogP contribution is 2.29. The molecule has 1 fully saturated rings. The van der Waals surface area contributed by atoms with Crippen LogP contribution in [0.4, 0.5) is 18.9 Å². The molecule has 1 aliphatic rings. The molecule has 0 bridgehead atoms. The first-order valence-corrected chi connectivity index (χ1v) is 6.59. The summed E-state index contributed by atoms with van der Waals surface area (Å²) in [4.78, 5) is 4.05. The van der Waals surface area contributed by atoms with Crippen LogP contribution < -0.4 is 10.1 Å². The maximum atomic E-state index is 12.2. The number of ether oxygens (including phenoxy) is 2. The molecule has 1 aromatic heterocycles. The van der Waals surface area contributed by atoms with Gasteiger partial charge in [0.25, 0.3) is 0 Å². The molecule has 1 aromatic carbocycles. The second-order valence-electron chi connectivity index (χ2n) is 4.94. The highest BCUT2D eigenvalue weighted by molar-refractivity contribution is 5.92. The number of pyridine rings is 1. The smallest absolute Gasteiger partial charge is 0.406 e. The molecule has 2 aromatic rings. The number of anilines is 1. The molecule has 8 heteroatoms. The molecule has 0 unspecified atom stereocenters. The lowest BCUT2D eigenvalue weighted by molar-refractivity contribution is -0.274. The maximum Gasteiger partial charge on any atom is 0.573 e. The van der Waals surface area contributed by atoms with Gasteiger partial charge in [0.1, 0.15) is 5.75 Å². The van der Waals surface area contributed by atoms with Crippen LogP contribution in [-0.4, -0.2) is 41.8 Å². The zero-order chi connectivity index (χ0) is 15.7. The van der Waals surface area contributed by atoms with Crippen molar-refractivity contribution >= 4 is 16.6 Å². The number of fused-ring (bicyclic) bond motifs is 1. The number of halogens is 3. The molecule has 1 saturated heterocycles. The van der Waals surface area contributed by atoms with Crippen LogP contribution in [0.3, 0.4) is 0 Å². The third kappa shape index (κ3) is 3.23. The van der Waals surface area contributed by atoms with Crippen LogP contribution in [0, 0.1) is 0 Å². The van der Waals surface area contributed by atoms with Crippen LogP contribution in [0.1, 0.15) is 0 Å². The van der Waals surface area contributed by atoms with E-state index in [4.69, 9.17) is 4.74 Å². The van der Waals surface area contributed by atoms with Crippen LogP contribution in [0.5, 0.6) is 5.75 Å². The zero-order valence-electron chi connectivity index (χ0n) is 11.3. The molecule has 0 spiro atoms. The van der Waals surface area contributed by atoms with Gasteiger partial charge in [-0.05, 0) is 18.2 Å². The quantitative estimate of drug-likeness (QED) is 0.910. The van der Waals surface area contributed by atoms with Crippen molar-refractivity contribution < 1.29 is 27.8 Å². The fourth-order valence-corrected chi connectivity index (χ4v) is 2.33. The molecule has 5 nitrogen and oxygen atoms in total. The standard InChI is InChI=1S/C14H13F3N2O3/c15-14(16,17)22-8-1-2-9-10(3-4-18-11(9)5-8)19-12-6-21-7-13(12)20/h1-5,12-13,20H,6-7H2,(H,18,19)/t12-,13-/m1/s1. The first-order chi connectivity index (χ1) is 10.4. The Balaban J connectivity index is 1.89. The summed E-state index contributed by atoms with van der Waals surface area (Å²) in [6.07, 6.45) is -3.89. The predicted molar refractivity (Wildman–Crippen MR) is 72.7 cm³/mol. The fraction of sp³-hybridized carbons (Fsp3) is 0.357. The number of nitrogens with one attached hydrogen (secondary N) is 1. The lowest BCUT2D eigenvalue weighted by atomic mass is 10.1. The van der Waals surface area contributed by atoms with Crippen molar-refractivity contribution in [2.24, 2.45) is 0 Å². The van der Waals surface area contributed by atoms with Crippen LogP contribution in [0.25, 0.3) is 10.9 Å². The van der Waals surface area contributed by atoms with E-state index in [1.54, 1.807) is 6.07 Å². The van der Waals surface area contributed by atoms with Gasteiger partial charge in [-0.1, -0.05) is 0 Å². The van der Waals surface area contributed by atoms with Crippen LogP contribution in [-0.2, 0) is 4.74 Å². The Morgan fingerprint density at radius 1 is 1.27 bits per heavy atom. The minimum Gasteiger partial charge on any atom is -0.406 e. The van der Waals surface area contributed by atoms with Crippen molar-refractivity contribution in [3.63, 3.8) is 0 Å². The van der Waals surface area contributed by atoms with E-state index in [1.165, 1.54) is 24.4 Å². The topological polar surface area (TPSA) is 63.6 Å². The van der Waals surface area contributed by atoms with Crippen LogP contribution >= 0.6 is 0 Å². The van der Waals surface area contributed by atoms with E-state index in [0.717, 1.165) is 0 Å². The number of alkyl halides is 3. The van der Waals surface area contributed by atoms with Gasteiger partial charge >= 0.3 is 6.36 Å². The van der Waals surface area contributed by atoms with Gasteiger partial charge in [0.15, 0.2) is 0 Å². The Kier molecular flexibility index (Phi) is 3.79. The lowest BCUT2D eigenvalue weighted by Crippen LogP contribution is -2.31. The van der Waals surface area contributed by atoms with Gasteiger partial charge in [-0.25, -0.2) is 0 Å². The summed E-state index contributed by atoms with van der Waals surface area (Å²) in [7, 11) is 0. The van der Waals surface area contributed by atoms with Crippen molar-refractivity contribution in [2.75, 3.05) is 18.5 Å². The molecule has 0 amide bonds. The number of hydrogen-bond donors (Lipinski definition) is 2. The molecule has 0 aliphatic carbocycles. The Bertz CT molecular complexity index is 678. The highest BCUT2D eigenvalue weighted by atomic mass is 19.4. The molecular formula is C14H13F3N2O3. The van der Waals surface area contributed by atoms with E-state index < -0.39 is 12.5 Å². The average Bonchev–Trinajstić information content (AvgIpc) is 2.82. The molecule has 3 rings (SSSR count). The summed E-state index contributed by atoms with van der Waals surface area (Å²) in [5.74, 6) is -0.325. The molecule has 1 aliphatic heterocycles. The van der Waals surface area contributed by atoms with Crippen LogP contribution in [0.2, 0.25) is 0 Å². The molecule has 22 heavy (non-hydrogen) atoms. The minimum atomic E-state index is -4.74. The molecule has 2 heterocycles. The van der Waals surface area contributed by atoms with Crippen LogP contribution in [0.15, 0.2) is 30.5 Å². The number of aliphatic hydroxyl groups is 1. The Morgan fingerprint density at radius 3 is 2.77 bits per heavy atom. The molecule has 2 atom stereocenters. The molecule has 0 saturated carbocycles. The Morgan fingerprint density at radius 2 is 2.09 bits per heavy atom. The normalized spacial score (nSPS) is 22.0. The van der Waals surface area contributed by atoms with Gasteiger partial charge in [0.2, 0.25) is 0 Å². The van der Waals surface area contributed by atoms with E-state index in [1.807, 2.05) is 0 Å². The number of nitrogens with zero attached hydrogens (tertiary/aromatic N) is 1. The Labute approximate surface area is 123 Å². The average molecular weight is 314 g/mol. The highest BCUT2D eigenvalue weighted by Gasteiger charge is 2.31. The van der Waals surface area contributed by atoms with Gasteiger partial charge in [-0.15, -0.1) is 13.2 Å². The third-order valence-corrected chi connectivity index (χ3v) is 3.34. The summed E-state index contributed by atoms with van der Waals surface area (Å²) in [6.45, 7) is 0.616. The van der Waals surface area contributed by atoms with E-state index in [0.29, 0.717) is 23.2 Å². The number of aliphatic hydroxyl groups excluding tert-OH is 1. The van der Waals surface area contributed by atoms with E-state index >= 15 is 0 Å². The van der Waals surface area contributed by atoms with Crippen molar-refractivity contribution in [3.05, 3.63) is 30.5 Å². The van der Waals surface area contributed by atoms with E-state index in [2.05, 4.69) is 15.0 Å². The molecule has 2 N–H and O–H groups in total. The largest absolute Gasteiger partial charge is 0.573 e. The monoisotopic (exact) mass is 314 g/mol. The summed E-state index contributed by atoms with van der Waals surface area (Å²) in [5.41, 5.74) is 1.03. The van der Waals surface area contributed by atoms with Gasteiger partial charge in [0, 0.05) is 23.3 Å². The minimum absolute atomic E-state index is 0.254. The van der Waals surface area contributed by atoms with Gasteiger partial charge in [-0.3, -0.25) is 4.98 Å². The SMILES string of the molecule is O[C@@H]1COC[C@H]1Nc1ccnc2cc(OC(F)(F)F)ccc12. The van der Waals surface area contributed by atoms with E-state index in [-0.39, 0.29) is 18.4 Å². The summed E-state index contributed by atoms with van der Waals surface area (Å²) in [5, 5.41) is 13.5. The third-order valence-electron chi connectivity index (χ3n) is 3.34. The second kappa shape index (κ2) is 5.62. The summed E-state index contributed by atoms with van der Waals surface area (Å²) in [6, 6.07) is 5.36. The number of hydrogen-bond acceptors (Lipinski definition) is 5. The first-order valence-electron chi connectivity index (χ1n) is 6.59. The zero-order valence-corrected chi connectivity index (χ0v) is 11.3. The number of benzene rings is 1. The van der Waals surface area contributed by atoms with Crippen molar-refractivity contribution in [1.29, 1.82) is 0 Å². The van der Waals surface area contributed by atoms with Crippen molar-refractivity contribution in [2.45, 2.75) is 18.5 Å². The Hall–Kier alpha value is -2.06. The predicted octanol–water partition coefficient (Wildman–Crippen LogP) is 2.30. The first kappa shape index (κ1) is 14.9. The molecule has 118 valence electrons. The molecule has 0 radical (unpaired) electrons. The van der Waals surface area contributed by atoms with Crippen molar-refractivity contribution in [3.8, 4) is 5.75 Å².